The summed E-state index contributed by atoms with van der Waals surface area (Å²) in [6.07, 6.45) is 4.03. The van der Waals surface area contributed by atoms with E-state index in [0.29, 0.717) is 19.0 Å². The van der Waals surface area contributed by atoms with Crippen LogP contribution in [0.25, 0.3) is 0 Å². The number of rotatable bonds is 6. The molecule has 1 amide bonds. The maximum Gasteiger partial charge on any atom is 0.221 e. The summed E-state index contributed by atoms with van der Waals surface area (Å²) >= 11 is 1.70. The zero-order valence-corrected chi connectivity index (χ0v) is 12.9. The minimum absolute atomic E-state index is 0.0579. The predicted molar refractivity (Wildman–Crippen MR) is 81.6 cm³/mol. The molecule has 6 heteroatoms. The standard InChI is InChI=1S/C14H24N4OS/c1-11-17-12(10-20-11)9-18-7-3-2-4-13(18)8-16-14(19)5-6-15/h10,13H,2-9,15H2,1H3,(H,16,19). The highest BCUT2D eigenvalue weighted by Crippen LogP contribution is 2.20. The first-order valence-corrected chi connectivity index (χ1v) is 8.19. The molecule has 5 nitrogen and oxygen atoms in total. The van der Waals surface area contributed by atoms with Gasteiger partial charge in [-0.25, -0.2) is 4.98 Å². The van der Waals surface area contributed by atoms with E-state index in [4.69, 9.17) is 5.73 Å². The van der Waals surface area contributed by atoms with Crippen LogP contribution < -0.4 is 11.1 Å². The molecule has 1 fully saturated rings. The van der Waals surface area contributed by atoms with Crippen LogP contribution in [0.1, 0.15) is 36.4 Å². The van der Waals surface area contributed by atoms with Crippen molar-refractivity contribution in [1.29, 1.82) is 0 Å². The number of aromatic nitrogens is 1. The van der Waals surface area contributed by atoms with Gasteiger partial charge in [0.2, 0.25) is 5.91 Å². The topological polar surface area (TPSA) is 71.2 Å². The minimum Gasteiger partial charge on any atom is -0.354 e. The molecule has 20 heavy (non-hydrogen) atoms. The van der Waals surface area contributed by atoms with E-state index in [1.54, 1.807) is 11.3 Å². The molecule has 3 N–H and O–H groups in total. The van der Waals surface area contributed by atoms with Crippen molar-refractivity contribution in [3.05, 3.63) is 16.1 Å². The molecule has 1 aliphatic rings. The Morgan fingerprint density at radius 1 is 1.60 bits per heavy atom. The maximum absolute atomic E-state index is 11.5. The number of piperidine rings is 1. The maximum atomic E-state index is 11.5. The second kappa shape index (κ2) is 7.71. The SMILES string of the molecule is Cc1nc(CN2CCCCC2CNC(=O)CCN)cs1. The summed E-state index contributed by atoms with van der Waals surface area (Å²) in [4.78, 5) is 18.5. The molecular weight excluding hydrogens is 272 g/mol. The van der Waals surface area contributed by atoms with Crippen LogP contribution in [0.3, 0.4) is 0 Å². The van der Waals surface area contributed by atoms with Gasteiger partial charge >= 0.3 is 0 Å². The van der Waals surface area contributed by atoms with Gasteiger partial charge in [0.05, 0.1) is 10.7 Å². The molecule has 1 aromatic heterocycles. The summed E-state index contributed by atoms with van der Waals surface area (Å²) in [5.41, 5.74) is 6.54. The third-order valence-electron chi connectivity index (χ3n) is 3.69. The number of nitrogens with two attached hydrogens (primary N) is 1. The highest BCUT2D eigenvalue weighted by atomic mass is 32.1. The van der Waals surface area contributed by atoms with Gasteiger partial charge in [0.15, 0.2) is 0 Å². The molecule has 1 saturated heterocycles. The van der Waals surface area contributed by atoms with Crippen LogP contribution in [0.4, 0.5) is 0 Å². The third-order valence-corrected chi connectivity index (χ3v) is 4.51. The number of aryl methyl sites for hydroxylation is 1. The average molecular weight is 296 g/mol. The van der Waals surface area contributed by atoms with Crippen LogP contribution in [0.2, 0.25) is 0 Å². The van der Waals surface area contributed by atoms with Crippen LogP contribution in [-0.2, 0) is 11.3 Å². The number of hydrogen-bond acceptors (Lipinski definition) is 5. The molecule has 2 heterocycles. The van der Waals surface area contributed by atoms with Crippen LogP contribution in [0, 0.1) is 6.92 Å². The summed E-state index contributed by atoms with van der Waals surface area (Å²) in [5, 5.41) is 6.24. The molecule has 0 saturated carbocycles. The predicted octanol–water partition coefficient (Wildman–Crippen LogP) is 1.27. The normalized spacial score (nSPS) is 20.0. The van der Waals surface area contributed by atoms with Crippen LogP contribution in [-0.4, -0.2) is 41.5 Å². The lowest BCUT2D eigenvalue weighted by Gasteiger charge is -2.35. The lowest BCUT2D eigenvalue weighted by Crippen LogP contribution is -2.46. The van der Waals surface area contributed by atoms with Gasteiger partial charge in [-0.05, 0) is 26.3 Å². The van der Waals surface area contributed by atoms with Crippen LogP contribution in [0.15, 0.2) is 5.38 Å². The van der Waals surface area contributed by atoms with E-state index in [9.17, 15) is 4.79 Å². The highest BCUT2D eigenvalue weighted by Gasteiger charge is 2.23. The molecule has 1 unspecified atom stereocenters. The lowest BCUT2D eigenvalue weighted by molar-refractivity contribution is -0.121. The fraction of sp³-hybridized carbons (Fsp3) is 0.714. The molecule has 0 aromatic carbocycles. The fourth-order valence-corrected chi connectivity index (χ4v) is 3.24. The third kappa shape index (κ3) is 4.54. The van der Waals surface area contributed by atoms with Crippen LogP contribution in [0.5, 0.6) is 0 Å². The first-order valence-electron chi connectivity index (χ1n) is 7.31. The molecular formula is C14H24N4OS. The van der Waals surface area contributed by atoms with Crippen molar-refractivity contribution in [2.24, 2.45) is 5.73 Å². The zero-order valence-electron chi connectivity index (χ0n) is 12.1. The molecule has 0 bridgehead atoms. The van der Waals surface area contributed by atoms with Gasteiger partial charge in [-0.3, -0.25) is 9.69 Å². The second-order valence-electron chi connectivity index (χ2n) is 5.32. The Kier molecular flexibility index (Phi) is 5.94. The lowest BCUT2D eigenvalue weighted by atomic mass is 10.0. The summed E-state index contributed by atoms with van der Waals surface area (Å²) in [5.74, 6) is 0.0579. The van der Waals surface area contributed by atoms with Crippen molar-refractivity contribution in [1.82, 2.24) is 15.2 Å². The Morgan fingerprint density at radius 3 is 3.15 bits per heavy atom. The van der Waals surface area contributed by atoms with E-state index in [1.807, 2.05) is 6.92 Å². The van der Waals surface area contributed by atoms with Crippen molar-refractivity contribution < 1.29 is 4.79 Å². The molecule has 1 aromatic rings. The molecule has 2 rings (SSSR count). The Bertz CT molecular complexity index is 435. The second-order valence-corrected chi connectivity index (χ2v) is 6.38. The number of nitrogens with zero attached hydrogens (tertiary/aromatic N) is 2. The summed E-state index contributed by atoms with van der Waals surface area (Å²) in [6.45, 7) is 5.16. The number of thiazole rings is 1. The zero-order chi connectivity index (χ0) is 14.4. The molecule has 0 spiro atoms. The number of likely N-dealkylation sites (tertiary alicyclic amines) is 1. The van der Waals surface area contributed by atoms with E-state index in [0.717, 1.165) is 36.8 Å². The fourth-order valence-electron chi connectivity index (χ4n) is 2.64. The van der Waals surface area contributed by atoms with Crippen molar-refractivity contribution in [3.8, 4) is 0 Å². The Labute approximate surface area is 124 Å². The van der Waals surface area contributed by atoms with E-state index in [1.165, 1.54) is 12.8 Å². The Hall–Kier alpha value is -0.980. The Balaban J connectivity index is 1.86. The monoisotopic (exact) mass is 296 g/mol. The van der Waals surface area contributed by atoms with E-state index < -0.39 is 0 Å². The van der Waals surface area contributed by atoms with Crippen molar-refractivity contribution in [2.75, 3.05) is 19.6 Å². The number of carbonyl (C=O) groups is 1. The van der Waals surface area contributed by atoms with Gasteiger partial charge in [0.1, 0.15) is 0 Å². The molecule has 1 atom stereocenters. The van der Waals surface area contributed by atoms with Crippen molar-refractivity contribution >= 4 is 17.2 Å². The van der Waals surface area contributed by atoms with Gasteiger partial charge < -0.3 is 11.1 Å². The first kappa shape index (κ1) is 15.4. The molecule has 1 aliphatic heterocycles. The largest absolute Gasteiger partial charge is 0.354 e. The first-order chi connectivity index (χ1) is 9.69. The smallest absolute Gasteiger partial charge is 0.221 e. The van der Waals surface area contributed by atoms with E-state index in [-0.39, 0.29) is 5.91 Å². The number of carbonyl (C=O) groups excluding carboxylic acids is 1. The summed E-state index contributed by atoms with van der Waals surface area (Å²) < 4.78 is 0. The molecule has 0 radical (unpaired) electrons. The van der Waals surface area contributed by atoms with Gasteiger partial charge in [0, 0.05) is 37.5 Å². The van der Waals surface area contributed by atoms with Gasteiger partial charge in [-0.2, -0.15) is 0 Å². The average Bonchev–Trinajstić information content (AvgIpc) is 2.83. The Morgan fingerprint density at radius 2 is 2.45 bits per heavy atom. The van der Waals surface area contributed by atoms with E-state index in [2.05, 4.69) is 20.6 Å². The number of amides is 1. The summed E-state index contributed by atoms with van der Waals surface area (Å²) in [6, 6.07) is 0.424. The van der Waals surface area contributed by atoms with Gasteiger partial charge in [0.25, 0.3) is 0 Å². The van der Waals surface area contributed by atoms with E-state index >= 15 is 0 Å². The minimum atomic E-state index is 0.0579. The summed E-state index contributed by atoms with van der Waals surface area (Å²) in [7, 11) is 0. The quantitative estimate of drug-likeness (QED) is 0.829. The van der Waals surface area contributed by atoms with Gasteiger partial charge in [-0.15, -0.1) is 11.3 Å². The molecule has 112 valence electrons. The molecule has 0 aliphatic carbocycles. The van der Waals surface area contributed by atoms with Crippen LogP contribution >= 0.6 is 11.3 Å². The van der Waals surface area contributed by atoms with Crippen molar-refractivity contribution in [3.63, 3.8) is 0 Å². The van der Waals surface area contributed by atoms with Gasteiger partial charge in [-0.1, -0.05) is 6.42 Å². The highest BCUT2D eigenvalue weighted by molar-refractivity contribution is 7.09. The van der Waals surface area contributed by atoms with Crippen molar-refractivity contribution in [2.45, 2.75) is 45.2 Å². The number of nitrogens with one attached hydrogen (secondary N) is 1. The number of hydrogen-bond donors (Lipinski definition) is 2.